The van der Waals surface area contributed by atoms with E-state index in [-0.39, 0.29) is 20.4 Å². The Balaban J connectivity index is 1.86. The number of benzene rings is 1. The predicted octanol–water partition coefficient (Wildman–Crippen LogP) is 6.20. The maximum atomic E-state index is 2.66. The van der Waals surface area contributed by atoms with Gasteiger partial charge in [0.25, 0.3) is 0 Å². The molecule has 0 nitrogen and oxygen atoms in total. The summed E-state index contributed by atoms with van der Waals surface area (Å²) in [5.74, 6) is 0. The van der Waals surface area contributed by atoms with Crippen LogP contribution in [0.1, 0.15) is 98.1 Å². The van der Waals surface area contributed by atoms with Crippen molar-refractivity contribution in [2.24, 2.45) is 0 Å². The molecule has 0 aliphatic carbocycles. The first kappa shape index (κ1) is 24.3. The molecular weight excluding hydrogens is 519 g/mol. The van der Waals surface area contributed by atoms with Gasteiger partial charge in [0.2, 0.25) is 0 Å². The monoisotopic (exact) mass is 562 g/mol. The Kier molecular flexibility index (Phi) is 13.7. The summed E-state index contributed by atoms with van der Waals surface area (Å²) in [5, 5.41) is 0. The van der Waals surface area contributed by atoms with Crippen molar-refractivity contribution in [1.82, 2.24) is 0 Å². The second-order valence-corrected chi connectivity index (χ2v) is 13.8. The fourth-order valence-corrected chi connectivity index (χ4v) is 10.6. The van der Waals surface area contributed by atoms with E-state index in [9.17, 15) is 0 Å². The van der Waals surface area contributed by atoms with Crippen LogP contribution < -0.4 is 8.92 Å². The van der Waals surface area contributed by atoms with Gasteiger partial charge >= 0.3 is 192 Å². The Bertz CT molecular complexity index is 617. The average molecular weight is 559 g/mol. The summed E-state index contributed by atoms with van der Waals surface area (Å²) in [4.78, 5) is 0. The molecule has 28 heavy (non-hydrogen) atoms. The fourth-order valence-electron chi connectivity index (χ4n) is 3.61. The molecule has 0 spiro atoms. The first-order chi connectivity index (χ1) is 13.8. The Labute approximate surface area is 190 Å². The molecule has 2 aromatic rings. The number of aryl methyl sites for hydroxylation is 2. The van der Waals surface area contributed by atoms with Crippen molar-refractivity contribution < 1.29 is 0 Å². The third-order valence-corrected chi connectivity index (χ3v) is 12.1. The van der Waals surface area contributed by atoms with Crippen molar-refractivity contribution in [3.63, 3.8) is 0 Å². The first-order valence-electron chi connectivity index (χ1n) is 11.7. The van der Waals surface area contributed by atoms with E-state index in [1.807, 2.05) is 7.16 Å². The molecule has 0 aliphatic heterocycles. The predicted molar refractivity (Wildman–Crippen MR) is 129 cm³/mol. The van der Waals surface area contributed by atoms with Gasteiger partial charge in [-0.1, -0.05) is 0 Å². The summed E-state index contributed by atoms with van der Waals surface area (Å²) in [5.41, 5.74) is 0. The average Bonchev–Trinajstić information content (AvgIpc) is 3.09. The van der Waals surface area contributed by atoms with Crippen LogP contribution in [-0.2, 0) is 12.8 Å². The standard InChI is InChI=1S/C26H40SeTe/c1-3-5-7-9-11-16-20-24-22-25(27-23-18-14-13-15-19-23)26(28-24)21-17-12-10-8-6-4-2/h13-15,18-19,22H,3-12,16-17,20-21H2,1-2H3. The van der Waals surface area contributed by atoms with Gasteiger partial charge in [-0.05, 0) is 0 Å². The molecule has 0 unspecified atom stereocenters. The molecule has 0 amide bonds. The van der Waals surface area contributed by atoms with E-state index in [0.29, 0.717) is 15.0 Å². The van der Waals surface area contributed by atoms with Gasteiger partial charge in [-0.25, -0.2) is 0 Å². The summed E-state index contributed by atoms with van der Waals surface area (Å²) in [6, 6.07) is 13.9. The summed E-state index contributed by atoms with van der Waals surface area (Å²) in [7, 11) is 0. The molecule has 1 aromatic carbocycles. The number of unbranched alkanes of at least 4 members (excludes halogenated alkanes) is 10. The molecular formula is C26H40SeTe. The van der Waals surface area contributed by atoms with Crippen LogP contribution >= 0.6 is 0 Å². The van der Waals surface area contributed by atoms with Crippen LogP contribution in [0.25, 0.3) is 0 Å². The molecule has 1 heterocycles. The van der Waals surface area contributed by atoms with Gasteiger partial charge < -0.3 is 0 Å². The second kappa shape index (κ2) is 15.8. The minimum absolute atomic E-state index is 0.0333. The summed E-state index contributed by atoms with van der Waals surface area (Å²) >= 11 is 0.487. The van der Waals surface area contributed by atoms with Crippen molar-refractivity contribution in [3.8, 4) is 0 Å². The quantitative estimate of drug-likeness (QED) is 0.170. The minimum atomic E-state index is -0.0333. The number of hydrogen-bond donors (Lipinski definition) is 0. The van der Waals surface area contributed by atoms with Gasteiger partial charge in [0.15, 0.2) is 0 Å². The maximum absolute atomic E-state index is 2.66. The van der Waals surface area contributed by atoms with E-state index >= 15 is 0 Å². The van der Waals surface area contributed by atoms with E-state index in [0.717, 1.165) is 0 Å². The molecule has 0 saturated heterocycles. The van der Waals surface area contributed by atoms with Crippen molar-refractivity contribution >= 4 is 44.3 Å². The van der Waals surface area contributed by atoms with Crippen LogP contribution in [0.15, 0.2) is 36.4 Å². The van der Waals surface area contributed by atoms with Crippen LogP contribution in [0.4, 0.5) is 0 Å². The molecule has 2 rings (SSSR count). The van der Waals surface area contributed by atoms with Crippen LogP contribution in [0.5, 0.6) is 0 Å². The van der Waals surface area contributed by atoms with E-state index < -0.39 is 0 Å². The molecule has 0 atom stereocenters. The van der Waals surface area contributed by atoms with Gasteiger partial charge in [0.05, 0.1) is 0 Å². The Morgan fingerprint density at radius 2 is 1.25 bits per heavy atom. The van der Waals surface area contributed by atoms with Crippen molar-refractivity contribution in [2.45, 2.75) is 104 Å². The van der Waals surface area contributed by atoms with Gasteiger partial charge in [0.1, 0.15) is 0 Å². The van der Waals surface area contributed by atoms with Gasteiger partial charge in [-0.2, -0.15) is 0 Å². The van der Waals surface area contributed by atoms with Crippen molar-refractivity contribution in [1.29, 1.82) is 0 Å². The molecule has 0 radical (unpaired) electrons. The molecule has 2 heteroatoms. The van der Waals surface area contributed by atoms with Crippen LogP contribution in [0, 0.1) is 0 Å². The topological polar surface area (TPSA) is 0 Å². The molecule has 0 saturated carbocycles. The molecule has 156 valence electrons. The molecule has 0 aliphatic rings. The number of rotatable bonds is 16. The fraction of sp³-hybridized carbons (Fsp3) is 0.615. The zero-order valence-electron chi connectivity index (χ0n) is 18.2. The summed E-state index contributed by atoms with van der Waals surface area (Å²) < 4.78 is 7.08. The van der Waals surface area contributed by atoms with E-state index in [2.05, 4.69) is 50.2 Å². The van der Waals surface area contributed by atoms with Crippen molar-refractivity contribution in [2.75, 3.05) is 0 Å². The molecule has 1 aromatic heterocycles. The van der Waals surface area contributed by atoms with Gasteiger partial charge in [-0.3, -0.25) is 0 Å². The first-order valence-corrected chi connectivity index (χ1v) is 15.7. The van der Waals surface area contributed by atoms with Crippen LogP contribution in [0.2, 0.25) is 0 Å². The second-order valence-electron chi connectivity index (χ2n) is 7.95. The van der Waals surface area contributed by atoms with Crippen molar-refractivity contribution in [3.05, 3.63) is 43.6 Å². The zero-order chi connectivity index (χ0) is 19.9. The Morgan fingerprint density at radius 3 is 1.89 bits per heavy atom. The third kappa shape index (κ3) is 10.2. The SMILES string of the molecule is CCCCCCCCc1cc([Se]c2ccccc2)c(CCCCCCCC)[te]1. The summed E-state index contributed by atoms with van der Waals surface area (Å²) in [6.45, 7) is 4.62. The van der Waals surface area contributed by atoms with Gasteiger partial charge in [0, 0.05) is 0 Å². The molecule has 0 bridgehead atoms. The Morgan fingerprint density at radius 1 is 0.679 bits per heavy atom. The third-order valence-electron chi connectivity index (χ3n) is 5.33. The number of hydrogen-bond acceptors (Lipinski definition) is 0. The Hall–Kier alpha value is 0.00909. The van der Waals surface area contributed by atoms with Crippen LogP contribution in [0.3, 0.4) is 0 Å². The van der Waals surface area contributed by atoms with E-state index in [1.54, 1.807) is 8.92 Å². The van der Waals surface area contributed by atoms with E-state index in [1.165, 1.54) is 89.9 Å². The molecule has 0 fully saturated rings. The van der Waals surface area contributed by atoms with E-state index in [4.69, 9.17) is 0 Å². The molecule has 0 N–H and O–H groups in total. The van der Waals surface area contributed by atoms with Crippen LogP contribution in [-0.4, -0.2) is 35.4 Å². The summed E-state index contributed by atoms with van der Waals surface area (Å²) in [6.07, 6.45) is 19.8. The normalized spacial score (nSPS) is 11.2. The zero-order valence-corrected chi connectivity index (χ0v) is 22.2. The van der Waals surface area contributed by atoms with Gasteiger partial charge in [-0.15, -0.1) is 0 Å².